The second-order valence-corrected chi connectivity index (χ2v) is 8.23. The van der Waals surface area contributed by atoms with E-state index in [2.05, 4.69) is 6.92 Å². The molecule has 0 unspecified atom stereocenters. The van der Waals surface area contributed by atoms with Gasteiger partial charge < -0.3 is 0 Å². The number of sulfonamides is 1. The predicted molar refractivity (Wildman–Crippen MR) is 70.9 cm³/mol. The van der Waals surface area contributed by atoms with Gasteiger partial charge in [-0.25, -0.2) is 8.42 Å². The smallest absolute Gasteiger partial charge is 0.207 e. The van der Waals surface area contributed by atoms with Crippen molar-refractivity contribution in [3.63, 3.8) is 0 Å². The Kier molecular flexibility index (Phi) is 3.61. The first-order chi connectivity index (χ1) is 7.91. The third-order valence-corrected chi connectivity index (χ3v) is 6.48. The number of hydrogen-bond donors (Lipinski definition) is 0. The maximum absolute atomic E-state index is 12.5. The summed E-state index contributed by atoms with van der Waals surface area (Å²) in [5.74, 6) is 0.645. The minimum Gasteiger partial charge on any atom is -0.207 e. The second kappa shape index (κ2) is 4.71. The maximum Gasteiger partial charge on any atom is 0.244 e. The van der Waals surface area contributed by atoms with E-state index in [-0.39, 0.29) is 0 Å². The summed E-state index contributed by atoms with van der Waals surface area (Å²) in [5.41, 5.74) is 0. The Labute approximate surface area is 108 Å². The molecule has 0 aliphatic carbocycles. The van der Waals surface area contributed by atoms with Crippen LogP contribution >= 0.6 is 11.3 Å². The Morgan fingerprint density at radius 3 is 2.35 bits per heavy atom. The fraction of sp³-hybridized carbons (Fsp3) is 0.667. The summed E-state index contributed by atoms with van der Waals surface area (Å²) in [6, 6.07) is 1.80. The Morgan fingerprint density at radius 2 is 1.88 bits per heavy atom. The van der Waals surface area contributed by atoms with Gasteiger partial charge in [-0.1, -0.05) is 6.92 Å². The summed E-state index contributed by atoms with van der Waals surface area (Å²) in [4.78, 5) is 2.47. The molecule has 1 aromatic heterocycles. The SMILES string of the molecule is Cc1cc(S(=O)(=O)N2CCC(C)CC2)c(C)s1. The normalized spacial score (nSPS) is 19.7. The molecule has 0 amide bonds. The quantitative estimate of drug-likeness (QED) is 0.831. The minimum absolute atomic E-state index is 0.509. The molecule has 1 aliphatic heterocycles. The first-order valence-corrected chi connectivity index (χ1v) is 8.24. The molecule has 3 nitrogen and oxygen atoms in total. The zero-order chi connectivity index (χ0) is 12.6. The van der Waals surface area contributed by atoms with Gasteiger partial charge in [0, 0.05) is 22.8 Å². The van der Waals surface area contributed by atoms with Crippen LogP contribution in [0.2, 0.25) is 0 Å². The average Bonchev–Trinajstić information content (AvgIpc) is 2.59. The van der Waals surface area contributed by atoms with Gasteiger partial charge in [-0.3, -0.25) is 0 Å². The van der Waals surface area contributed by atoms with Crippen LogP contribution in [0, 0.1) is 19.8 Å². The molecule has 0 spiro atoms. The highest BCUT2D eigenvalue weighted by atomic mass is 32.2. The maximum atomic E-state index is 12.5. The zero-order valence-electron chi connectivity index (χ0n) is 10.6. The van der Waals surface area contributed by atoms with Crippen molar-refractivity contribution in [3.05, 3.63) is 15.8 Å². The molecular formula is C12H19NO2S2. The number of nitrogens with zero attached hydrogens (tertiary/aromatic N) is 1. The highest BCUT2D eigenvalue weighted by Gasteiger charge is 2.29. The lowest BCUT2D eigenvalue weighted by Crippen LogP contribution is -2.37. The second-order valence-electron chi connectivity index (χ2n) is 4.86. The van der Waals surface area contributed by atoms with Gasteiger partial charge in [-0.05, 0) is 38.7 Å². The van der Waals surface area contributed by atoms with Gasteiger partial charge in [-0.15, -0.1) is 11.3 Å². The molecule has 1 saturated heterocycles. The molecule has 0 N–H and O–H groups in total. The summed E-state index contributed by atoms with van der Waals surface area (Å²) in [5, 5.41) is 0. The Balaban J connectivity index is 2.28. The highest BCUT2D eigenvalue weighted by Crippen LogP contribution is 2.29. The molecule has 0 bridgehead atoms. The third kappa shape index (κ3) is 2.56. The number of piperidine rings is 1. The predicted octanol–water partition coefficient (Wildman–Crippen LogP) is 2.79. The van der Waals surface area contributed by atoms with Crippen molar-refractivity contribution in [1.82, 2.24) is 4.31 Å². The van der Waals surface area contributed by atoms with Crippen molar-refractivity contribution in [2.24, 2.45) is 5.92 Å². The molecule has 1 fully saturated rings. The van der Waals surface area contributed by atoms with Gasteiger partial charge in [0.2, 0.25) is 10.0 Å². The van der Waals surface area contributed by atoms with Crippen LogP contribution in [0.15, 0.2) is 11.0 Å². The Hall–Kier alpha value is -0.390. The van der Waals surface area contributed by atoms with E-state index in [1.165, 1.54) is 0 Å². The monoisotopic (exact) mass is 273 g/mol. The lowest BCUT2D eigenvalue weighted by molar-refractivity contribution is 0.288. The van der Waals surface area contributed by atoms with Crippen LogP contribution in [0.1, 0.15) is 29.5 Å². The van der Waals surface area contributed by atoms with Gasteiger partial charge in [0.1, 0.15) is 0 Å². The van der Waals surface area contributed by atoms with E-state index < -0.39 is 10.0 Å². The van der Waals surface area contributed by atoms with Crippen LogP contribution in [0.25, 0.3) is 0 Å². The van der Waals surface area contributed by atoms with Crippen molar-refractivity contribution >= 4 is 21.4 Å². The molecule has 0 saturated carbocycles. The van der Waals surface area contributed by atoms with Crippen molar-refractivity contribution in [3.8, 4) is 0 Å². The first kappa shape index (κ1) is 13.1. The minimum atomic E-state index is -3.25. The van der Waals surface area contributed by atoms with E-state index in [9.17, 15) is 8.42 Å². The first-order valence-electron chi connectivity index (χ1n) is 5.98. The molecule has 96 valence electrons. The Morgan fingerprint density at radius 1 is 1.29 bits per heavy atom. The average molecular weight is 273 g/mol. The highest BCUT2D eigenvalue weighted by molar-refractivity contribution is 7.89. The molecule has 1 aromatic rings. The summed E-state index contributed by atoms with van der Waals surface area (Å²) in [7, 11) is -3.25. The van der Waals surface area contributed by atoms with E-state index in [0.29, 0.717) is 23.9 Å². The molecule has 2 rings (SSSR count). The molecule has 17 heavy (non-hydrogen) atoms. The van der Waals surface area contributed by atoms with Gasteiger partial charge in [0.05, 0.1) is 4.90 Å². The van der Waals surface area contributed by atoms with Gasteiger partial charge in [-0.2, -0.15) is 4.31 Å². The van der Waals surface area contributed by atoms with Gasteiger partial charge >= 0.3 is 0 Å². The molecule has 0 atom stereocenters. The van der Waals surface area contributed by atoms with E-state index in [4.69, 9.17) is 0 Å². The standard InChI is InChI=1S/C12H19NO2S2/c1-9-4-6-13(7-5-9)17(14,15)12-8-10(2)16-11(12)3/h8-9H,4-7H2,1-3H3. The van der Waals surface area contributed by atoms with E-state index in [0.717, 1.165) is 22.6 Å². The van der Waals surface area contributed by atoms with Crippen molar-refractivity contribution in [2.45, 2.75) is 38.5 Å². The van der Waals surface area contributed by atoms with Crippen LogP contribution in [-0.2, 0) is 10.0 Å². The van der Waals surface area contributed by atoms with Gasteiger partial charge in [0.15, 0.2) is 0 Å². The van der Waals surface area contributed by atoms with Gasteiger partial charge in [0.25, 0.3) is 0 Å². The molecular weight excluding hydrogens is 254 g/mol. The summed E-state index contributed by atoms with van der Waals surface area (Å²) in [6.45, 7) is 7.35. The fourth-order valence-corrected chi connectivity index (χ4v) is 5.22. The number of hydrogen-bond acceptors (Lipinski definition) is 3. The van der Waals surface area contributed by atoms with Crippen molar-refractivity contribution in [1.29, 1.82) is 0 Å². The Bertz CT molecular complexity index is 497. The number of thiophene rings is 1. The fourth-order valence-electron chi connectivity index (χ4n) is 2.23. The van der Waals surface area contributed by atoms with Crippen LogP contribution in [0.3, 0.4) is 0 Å². The third-order valence-electron chi connectivity index (χ3n) is 3.36. The van der Waals surface area contributed by atoms with Crippen LogP contribution in [0.4, 0.5) is 0 Å². The molecule has 0 aromatic carbocycles. The van der Waals surface area contributed by atoms with Crippen molar-refractivity contribution in [2.75, 3.05) is 13.1 Å². The number of rotatable bonds is 2. The van der Waals surface area contributed by atoms with E-state index in [1.54, 1.807) is 21.7 Å². The van der Waals surface area contributed by atoms with E-state index in [1.807, 2.05) is 13.8 Å². The molecule has 1 aliphatic rings. The van der Waals surface area contributed by atoms with Crippen LogP contribution in [0.5, 0.6) is 0 Å². The zero-order valence-corrected chi connectivity index (χ0v) is 12.2. The summed E-state index contributed by atoms with van der Waals surface area (Å²) >= 11 is 1.55. The summed E-state index contributed by atoms with van der Waals surface area (Å²) in [6.07, 6.45) is 1.95. The molecule has 2 heterocycles. The lowest BCUT2D eigenvalue weighted by Gasteiger charge is -2.29. The van der Waals surface area contributed by atoms with E-state index >= 15 is 0 Å². The number of aryl methyl sites for hydroxylation is 2. The van der Waals surface area contributed by atoms with Crippen LogP contribution in [-0.4, -0.2) is 25.8 Å². The van der Waals surface area contributed by atoms with Crippen LogP contribution < -0.4 is 0 Å². The topological polar surface area (TPSA) is 37.4 Å². The largest absolute Gasteiger partial charge is 0.244 e. The van der Waals surface area contributed by atoms with Crippen molar-refractivity contribution < 1.29 is 8.42 Å². The summed E-state index contributed by atoms with van der Waals surface area (Å²) < 4.78 is 26.6. The molecule has 0 radical (unpaired) electrons. The lowest BCUT2D eigenvalue weighted by atomic mass is 10.0. The molecule has 5 heteroatoms.